The molecule has 14 heavy (non-hydrogen) atoms. The zero-order chi connectivity index (χ0) is 10.6. The van der Waals surface area contributed by atoms with E-state index in [2.05, 4.69) is 15.7 Å². The molecule has 0 saturated carbocycles. The number of hydrogen-bond acceptors (Lipinski definition) is 4. The fourth-order valence-electron chi connectivity index (χ4n) is 0.729. The smallest absolute Gasteiger partial charge is 0.123 e. The van der Waals surface area contributed by atoms with Crippen molar-refractivity contribution in [3.63, 3.8) is 0 Å². The Kier molecular flexibility index (Phi) is 9.76. The molecule has 0 heterocycles. The van der Waals surface area contributed by atoms with Gasteiger partial charge in [0.15, 0.2) is 0 Å². The molecule has 0 fully saturated rings. The molecule has 0 unspecified atom stereocenters. The molecule has 0 aromatic carbocycles. The third-order valence-corrected chi connectivity index (χ3v) is 1.47. The summed E-state index contributed by atoms with van der Waals surface area (Å²) in [4.78, 5) is 2.07. The Labute approximate surface area is 86.1 Å². The minimum absolute atomic E-state index is 0.439. The molecule has 0 aliphatic rings. The van der Waals surface area contributed by atoms with E-state index in [0.29, 0.717) is 26.4 Å². The zero-order valence-corrected chi connectivity index (χ0v) is 8.99. The van der Waals surface area contributed by atoms with Crippen LogP contribution in [-0.4, -0.2) is 58.6 Å². The second-order valence-electron chi connectivity index (χ2n) is 2.99. The first-order valence-electron chi connectivity index (χ1n) is 4.65. The Hall–Kier alpha value is -0.760. The average molecular weight is 201 g/mol. The molecule has 0 bridgehead atoms. The van der Waals surface area contributed by atoms with Crippen LogP contribution in [0.4, 0.5) is 0 Å². The summed E-state index contributed by atoms with van der Waals surface area (Å²) in [6.07, 6.45) is 6.95. The first kappa shape index (κ1) is 13.2. The molecule has 0 aromatic heterocycles. The SMILES string of the molecule is C#COCCOCCOCCN(C)C. The van der Waals surface area contributed by atoms with Crippen molar-refractivity contribution < 1.29 is 14.2 Å². The maximum Gasteiger partial charge on any atom is 0.123 e. The molecule has 0 rings (SSSR count). The molecule has 0 spiro atoms. The minimum Gasteiger partial charge on any atom is -0.444 e. The van der Waals surface area contributed by atoms with Crippen LogP contribution in [0.2, 0.25) is 0 Å². The minimum atomic E-state index is 0.439. The fourth-order valence-corrected chi connectivity index (χ4v) is 0.729. The third-order valence-electron chi connectivity index (χ3n) is 1.47. The van der Waals surface area contributed by atoms with Gasteiger partial charge >= 0.3 is 0 Å². The lowest BCUT2D eigenvalue weighted by Gasteiger charge is -2.09. The highest BCUT2D eigenvalue weighted by molar-refractivity contribution is 4.67. The predicted octanol–water partition coefficient (Wildman–Crippen LogP) is 0.188. The topological polar surface area (TPSA) is 30.9 Å². The van der Waals surface area contributed by atoms with Crippen molar-refractivity contribution in [1.29, 1.82) is 0 Å². The summed E-state index contributed by atoms with van der Waals surface area (Å²) in [7, 11) is 4.02. The van der Waals surface area contributed by atoms with E-state index in [1.54, 1.807) is 0 Å². The van der Waals surface area contributed by atoms with Gasteiger partial charge in [-0.25, -0.2) is 0 Å². The normalized spacial score (nSPS) is 10.1. The van der Waals surface area contributed by atoms with Gasteiger partial charge in [-0.15, -0.1) is 0 Å². The van der Waals surface area contributed by atoms with E-state index < -0.39 is 0 Å². The highest BCUT2D eigenvalue weighted by atomic mass is 16.5. The number of nitrogens with zero attached hydrogens (tertiary/aromatic N) is 1. The molecule has 0 N–H and O–H groups in total. The second-order valence-corrected chi connectivity index (χ2v) is 2.99. The van der Waals surface area contributed by atoms with Crippen molar-refractivity contribution >= 4 is 0 Å². The fraction of sp³-hybridized carbons (Fsp3) is 0.800. The van der Waals surface area contributed by atoms with Crippen LogP contribution >= 0.6 is 0 Å². The molecule has 82 valence electrons. The Balaban J connectivity index is 2.89. The van der Waals surface area contributed by atoms with Crippen molar-refractivity contribution in [2.45, 2.75) is 0 Å². The second kappa shape index (κ2) is 10.3. The number of ether oxygens (including phenoxy) is 3. The molecule has 0 aliphatic heterocycles. The van der Waals surface area contributed by atoms with Crippen LogP contribution in [0.5, 0.6) is 0 Å². The van der Waals surface area contributed by atoms with Gasteiger partial charge in [0.2, 0.25) is 0 Å². The van der Waals surface area contributed by atoms with Crippen molar-refractivity contribution in [1.82, 2.24) is 4.90 Å². The van der Waals surface area contributed by atoms with Crippen LogP contribution in [0.25, 0.3) is 0 Å². The van der Waals surface area contributed by atoms with Gasteiger partial charge in [0, 0.05) is 6.54 Å². The molecule has 0 aliphatic carbocycles. The molecule has 4 heteroatoms. The van der Waals surface area contributed by atoms with E-state index in [9.17, 15) is 0 Å². The van der Waals surface area contributed by atoms with E-state index in [1.807, 2.05) is 14.1 Å². The molecule has 0 radical (unpaired) electrons. The van der Waals surface area contributed by atoms with E-state index in [1.165, 1.54) is 0 Å². The molecular weight excluding hydrogens is 182 g/mol. The van der Waals surface area contributed by atoms with Gasteiger partial charge in [-0.3, -0.25) is 0 Å². The van der Waals surface area contributed by atoms with Gasteiger partial charge in [0.25, 0.3) is 0 Å². The first-order chi connectivity index (χ1) is 6.77. The molecule has 4 nitrogen and oxygen atoms in total. The predicted molar refractivity (Wildman–Crippen MR) is 55.0 cm³/mol. The number of hydrogen-bond donors (Lipinski definition) is 0. The maximum absolute atomic E-state index is 5.30. The van der Waals surface area contributed by atoms with Crippen LogP contribution in [-0.2, 0) is 14.2 Å². The van der Waals surface area contributed by atoms with E-state index >= 15 is 0 Å². The van der Waals surface area contributed by atoms with E-state index in [4.69, 9.17) is 15.9 Å². The average Bonchev–Trinajstić information content (AvgIpc) is 2.15. The Morgan fingerprint density at radius 3 is 2.14 bits per heavy atom. The summed E-state index contributed by atoms with van der Waals surface area (Å²) in [6, 6.07) is 0. The van der Waals surface area contributed by atoms with Crippen LogP contribution < -0.4 is 0 Å². The van der Waals surface area contributed by atoms with Gasteiger partial charge in [0.1, 0.15) is 12.7 Å². The summed E-state index contributed by atoms with van der Waals surface area (Å²) < 4.78 is 15.1. The lowest BCUT2D eigenvalue weighted by Crippen LogP contribution is -2.19. The Morgan fingerprint density at radius 1 is 1.00 bits per heavy atom. The largest absolute Gasteiger partial charge is 0.444 e. The van der Waals surface area contributed by atoms with Crippen LogP contribution in [0.1, 0.15) is 0 Å². The van der Waals surface area contributed by atoms with Crippen molar-refractivity contribution in [3.05, 3.63) is 0 Å². The summed E-state index contributed by atoms with van der Waals surface area (Å²) in [5.74, 6) is 0. The summed E-state index contributed by atoms with van der Waals surface area (Å²) in [6.45, 7) is 3.82. The molecule has 0 amide bonds. The number of terminal acetylenes is 1. The van der Waals surface area contributed by atoms with Crippen LogP contribution in [0.3, 0.4) is 0 Å². The highest BCUT2D eigenvalue weighted by Gasteiger charge is 1.91. The number of rotatable bonds is 9. The van der Waals surface area contributed by atoms with Crippen LogP contribution in [0, 0.1) is 12.5 Å². The monoisotopic (exact) mass is 201 g/mol. The maximum atomic E-state index is 5.30. The molecule has 0 aromatic rings. The lowest BCUT2D eigenvalue weighted by molar-refractivity contribution is 0.0293. The summed E-state index contributed by atoms with van der Waals surface area (Å²) >= 11 is 0. The summed E-state index contributed by atoms with van der Waals surface area (Å²) in [5.41, 5.74) is 0. The highest BCUT2D eigenvalue weighted by Crippen LogP contribution is 1.81. The lowest BCUT2D eigenvalue weighted by atomic mass is 10.6. The van der Waals surface area contributed by atoms with Crippen molar-refractivity contribution in [2.75, 3.05) is 53.7 Å². The van der Waals surface area contributed by atoms with Gasteiger partial charge in [-0.05, 0) is 14.1 Å². The molecule has 0 atom stereocenters. The van der Waals surface area contributed by atoms with E-state index in [0.717, 1.165) is 13.2 Å². The number of likely N-dealkylation sites (N-methyl/N-ethyl adjacent to an activating group) is 1. The molecule has 0 saturated heterocycles. The Morgan fingerprint density at radius 2 is 1.57 bits per heavy atom. The van der Waals surface area contributed by atoms with Gasteiger partial charge in [-0.1, -0.05) is 6.42 Å². The van der Waals surface area contributed by atoms with Gasteiger partial charge in [0.05, 0.1) is 26.4 Å². The summed E-state index contributed by atoms with van der Waals surface area (Å²) in [5, 5.41) is 0. The quantitative estimate of drug-likeness (QED) is 0.393. The zero-order valence-electron chi connectivity index (χ0n) is 8.99. The Bertz CT molecular complexity index is 154. The molecular formula is C10H19NO3. The van der Waals surface area contributed by atoms with Crippen LogP contribution in [0.15, 0.2) is 0 Å². The standard InChI is InChI=1S/C10H19NO3/c1-4-12-7-8-14-10-9-13-6-5-11(2)3/h1H,5-10H2,2-3H3. The van der Waals surface area contributed by atoms with E-state index in [-0.39, 0.29) is 0 Å². The van der Waals surface area contributed by atoms with Gasteiger partial charge in [-0.2, -0.15) is 0 Å². The van der Waals surface area contributed by atoms with Crippen molar-refractivity contribution in [2.24, 2.45) is 0 Å². The van der Waals surface area contributed by atoms with Crippen molar-refractivity contribution in [3.8, 4) is 12.5 Å². The third kappa shape index (κ3) is 11.2. The van der Waals surface area contributed by atoms with Gasteiger partial charge < -0.3 is 19.1 Å². The first-order valence-corrected chi connectivity index (χ1v) is 4.65.